The first-order valence-electron chi connectivity index (χ1n) is 4.56. The Morgan fingerprint density at radius 1 is 1.06 bits per heavy atom. The SMILES string of the molecule is O=C(O)CCC(=O)Nc1cc(F)c(F)cc1F. The number of carboxylic acids is 1. The van der Waals surface area contributed by atoms with Crippen molar-refractivity contribution in [2.24, 2.45) is 0 Å². The molecule has 0 fully saturated rings. The smallest absolute Gasteiger partial charge is 0.303 e. The zero-order chi connectivity index (χ0) is 13.0. The van der Waals surface area contributed by atoms with Gasteiger partial charge in [0.1, 0.15) is 5.82 Å². The number of anilines is 1. The van der Waals surface area contributed by atoms with Crippen molar-refractivity contribution in [2.75, 3.05) is 5.32 Å². The molecule has 92 valence electrons. The van der Waals surface area contributed by atoms with Crippen molar-refractivity contribution in [1.29, 1.82) is 0 Å². The zero-order valence-corrected chi connectivity index (χ0v) is 8.47. The Morgan fingerprint density at radius 2 is 1.65 bits per heavy atom. The highest BCUT2D eigenvalue weighted by atomic mass is 19.2. The summed E-state index contributed by atoms with van der Waals surface area (Å²) in [5.41, 5.74) is -0.528. The molecule has 7 heteroatoms. The standard InChI is InChI=1S/C10H8F3NO3/c11-5-3-7(13)8(4-6(5)12)14-9(15)1-2-10(16)17/h3-4H,1-2H2,(H,14,15)(H,16,17). The number of aliphatic carboxylic acids is 1. The Balaban J connectivity index is 2.71. The van der Waals surface area contributed by atoms with Crippen molar-refractivity contribution in [3.63, 3.8) is 0 Å². The molecule has 0 unspecified atom stereocenters. The molecule has 0 spiro atoms. The van der Waals surface area contributed by atoms with Crippen molar-refractivity contribution in [3.8, 4) is 0 Å². The second-order valence-corrected chi connectivity index (χ2v) is 3.19. The van der Waals surface area contributed by atoms with E-state index in [0.29, 0.717) is 12.1 Å². The minimum atomic E-state index is -1.37. The summed E-state index contributed by atoms with van der Waals surface area (Å²) < 4.78 is 38.3. The minimum absolute atomic E-state index is 0.294. The molecule has 2 N–H and O–H groups in total. The Hall–Kier alpha value is -2.05. The summed E-state index contributed by atoms with van der Waals surface area (Å²) in [7, 11) is 0. The van der Waals surface area contributed by atoms with Gasteiger partial charge < -0.3 is 10.4 Å². The second kappa shape index (κ2) is 5.33. The number of carbonyl (C=O) groups excluding carboxylic acids is 1. The van der Waals surface area contributed by atoms with Crippen LogP contribution in [-0.4, -0.2) is 17.0 Å². The molecule has 0 aliphatic carbocycles. The molecule has 1 amide bonds. The summed E-state index contributed by atoms with van der Waals surface area (Å²) in [4.78, 5) is 21.3. The van der Waals surface area contributed by atoms with Gasteiger partial charge in [-0.3, -0.25) is 9.59 Å². The highest BCUT2D eigenvalue weighted by molar-refractivity contribution is 5.92. The molecule has 0 bridgehead atoms. The van der Waals surface area contributed by atoms with Crippen molar-refractivity contribution in [1.82, 2.24) is 0 Å². The van der Waals surface area contributed by atoms with Gasteiger partial charge in [-0.1, -0.05) is 0 Å². The van der Waals surface area contributed by atoms with Gasteiger partial charge in [0.15, 0.2) is 11.6 Å². The predicted octanol–water partition coefficient (Wildman–Crippen LogP) is 1.91. The molecule has 0 atom stereocenters. The quantitative estimate of drug-likeness (QED) is 0.798. The van der Waals surface area contributed by atoms with Crippen LogP contribution in [0.15, 0.2) is 12.1 Å². The van der Waals surface area contributed by atoms with Crippen LogP contribution in [0.5, 0.6) is 0 Å². The third-order valence-corrected chi connectivity index (χ3v) is 1.85. The van der Waals surface area contributed by atoms with Crippen LogP contribution in [-0.2, 0) is 9.59 Å². The van der Waals surface area contributed by atoms with E-state index in [9.17, 15) is 22.8 Å². The van der Waals surface area contributed by atoms with Crippen LogP contribution in [0.25, 0.3) is 0 Å². The van der Waals surface area contributed by atoms with E-state index in [-0.39, 0.29) is 6.42 Å². The van der Waals surface area contributed by atoms with Crippen molar-refractivity contribution in [3.05, 3.63) is 29.6 Å². The molecule has 0 heterocycles. The first kappa shape index (κ1) is 13.0. The number of carboxylic acid groups (broad SMARTS) is 1. The fourth-order valence-electron chi connectivity index (χ4n) is 1.05. The van der Waals surface area contributed by atoms with Crippen molar-refractivity contribution in [2.45, 2.75) is 12.8 Å². The van der Waals surface area contributed by atoms with E-state index in [1.165, 1.54) is 0 Å². The fraction of sp³-hybridized carbons (Fsp3) is 0.200. The lowest BCUT2D eigenvalue weighted by Crippen LogP contribution is -2.14. The maximum atomic E-state index is 13.1. The molecule has 1 aromatic carbocycles. The molecule has 17 heavy (non-hydrogen) atoms. The van der Waals surface area contributed by atoms with Gasteiger partial charge in [-0.15, -0.1) is 0 Å². The highest BCUT2D eigenvalue weighted by Gasteiger charge is 2.12. The normalized spacial score (nSPS) is 10.1. The molecular weight excluding hydrogens is 239 g/mol. The van der Waals surface area contributed by atoms with E-state index in [4.69, 9.17) is 5.11 Å². The lowest BCUT2D eigenvalue weighted by molar-refractivity contribution is -0.138. The van der Waals surface area contributed by atoms with E-state index >= 15 is 0 Å². The number of nitrogens with one attached hydrogen (secondary N) is 1. The maximum absolute atomic E-state index is 13.1. The first-order chi connectivity index (χ1) is 7.90. The molecule has 0 saturated carbocycles. The third-order valence-electron chi connectivity index (χ3n) is 1.85. The number of hydrogen-bond donors (Lipinski definition) is 2. The summed E-state index contributed by atoms with van der Waals surface area (Å²) in [5, 5.41) is 10.2. The van der Waals surface area contributed by atoms with Gasteiger partial charge >= 0.3 is 5.97 Å². The summed E-state index contributed by atoms with van der Waals surface area (Å²) in [6.07, 6.45) is -0.815. The topological polar surface area (TPSA) is 66.4 Å². The van der Waals surface area contributed by atoms with E-state index in [1.54, 1.807) is 0 Å². The summed E-state index contributed by atoms with van der Waals surface area (Å²) in [5.74, 6) is -5.79. The molecule has 1 rings (SSSR count). The number of carbonyl (C=O) groups is 2. The van der Waals surface area contributed by atoms with Crippen molar-refractivity contribution >= 4 is 17.6 Å². The largest absolute Gasteiger partial charge is 0.481 e. The van der Waals surface area contributed by atoms with Crippen LogP contribution < -0.4 is 5.32 Å². The van der Waals surface area contributed by atoms with Gasteiger partial charge in [0.25, 0.3) is 0 Å². The Labute approximate surface area is 94.1 Å². The van der Waals surface area contributed by atoms with E-state index < -0.39 is 41.4 Å². The summed E-state index contributed by atoms with van der Waals surface area (Å²) in [6.45, 7) is 0. The Bertz CT molecular complexity index is 462. The van der Waals surface area contributed by atoms with Gasteiger partial charge in [-0.2, -0.15) is 0 Å². The van der Waals surface area contributed by atoms with E-state index in [0.717, 1.165) is 0 Å². The Kier molecular flexibility index (Phi) is 4.08. The molecule has 1 aromatic rings. The number of rotatable bonds is 4. The van der Waals surface area contributed by atoms with Crippen LogP contribution in [0.4, 0.5) is 18.9 Å². The second-order valence-electron chi connectivity index (χ2n) is 3.19. The number of benzene rings is 1. The lowest BCUT2D eigenvalue weighted by atomic mass is 10.2. The Morgan fingerprint density at radius 3 is 2.24 bits per heavy atom. The average Bonchev–Trinajstić information content (AvgIpc) is 2.23. The third kappa shape index (κ3) is 3.78. The van der Waals surface area contributed by atoms with Gasteiger partial charge in [-0.25, -0.2) is 13.2 Å². The molecule has 4 nitrogen and oxygen atoms in total. The fourth-order valence-corrected chi connectivity index (χ4v) is 1.05. The van der Waals surface area contributed by atoms with Crippen LogP contribution in [0.3, 0.4) is 0 Å². The predicted molar refractivity (Wildman–Crippen MR) is 51.8 cm³/mol. The molecule has 0 aliphatic rings. The number of hydrogen-bond acceptors (Lipinski definition) is 2. The summed E-state index contributed by atoms with van der Waals surface area (Å²) >= 11 is 0. The lowest BCUT2D eigenvalue weighted by Gasteiger charge is -2.06. The van der Waals surface area contributed by atoms with Gasteiger partial charge in [-0.05, 0) is 0 Å². The number of halogens is 3. The van der Waals surface area contributed by atoms with Crippen LogP contribution in [0.1, 0.15) is 12.8 Å². The molecule has 0 radical (unpaired) electrons. The van der Waals surface area contributed by atoms with E-state index in [2.05, 4.69) is 0 Å². The maximum Gasteiger partial charge on any atom is 0.303 e. The number of amides is 1. The summed E-state index contributed by atoms with van der Waals surface area (Å²) in [6, 6.07) is 0.783. The minimum Gasteiger partial charge on any atom is -0.481 e. The van der Waals surface area contributed by atoms with Gasteiger partial charge in [0, 0.05) is 18.6 Å². The van der Waals surface area contributed by atoms with Gasteiger partial charge in [0.2, 0.25) is 5.91 Å². The van der Waals surface area contributed by atoms with Crippen LogP contribution in [0.2, 0.25) is 0 Å². The first-order valence-corrected chi connectivity index (χ1v) is 4.56. The monoisotopic (exact) mass is 247 g/mol. The average molecular weight is 247 g/mol. The van der Waals surface area contributed by atoms with Crippen LogP contribution in [0, 0.1) is 17.5 Å². The molecule has 0 aromatic heterocycles. The molecule has 0 aliphatic heterocycles. The van der Waals surface area contributed by atoms with Crippen molar-refractivity contribution < 1.29 is 27.9 Å². The zero-order valence-electron chi connectivity index (χ0n) is 8.47. The van der Waals surface area contributed by atoms with Gasteiger partial charge in [0.05, 0.1) is 12.1 Å². The van der Waals surface area contributed by atoms with E-state index in [1.807, 2.05) is 5.32 Å². The highest BCUT2D eigenvalue weighted by Crippen LogP contribution is 2.18. The molecular formula is C10H8F3NO3. The van der Waals surface area contributed by atoms with Crippen LogP contribution >= 0.6 is 0 Å². The molecule has 0 saturated heterocycles.